The van der Waals surface area contributed by atoms with E-state index >= 15 is 0 Å². The second-order valence-corrected chi connectivity index (χ2v) is 10.4. The maximum Gasteiger partial charge on any atom is 0.518 e. The van der Waals surface area contributed by atoms with Gasteiger partial charge in [-0.2, -0.15) is 0 Å². The van der Waals surface area contributed by atoms with E-state index in [1.54, 1.807) is 0 Å². The lowest BCUT2D eigenvalue weighted by Crippen LogP contribution is -2.61. The average Bonchev–Trinajstić information content (AvgIpc) is 3.00. The Morgan fingerprint density at radius 1 is 0.830 bits per heavy atom. The van der Waals surface area contributed by atoms with Gasteiger partial charge >= 0.3 is 11.9 Å². The summed E-state index contributed by atoms with van der Waals surface area (Å²) in [7, 11) is 0. The zero-order valence-corrected chi connectivity index (χ0v) is 24.0. The summed E-state index contributed by atoms with van der Waals surface area (Å²) >= 11 is 0. The Labute approximate surface area is 262 Å². The van der Waals surface area contributed by atoms with Crippen molar-refractivity contribution in [2.24, 2.45) is 0 Å². The predicted octanol–water partition coefficient (Wildman–Crippen LogP) is 0.675. The molecule has 2 aromatic carbocycles. The molecular formula is C30H27O17+. The number of carbonyl (C=O) groups excluding carboxylic acids is 2. The van der Waals surface area contributed by atoms with Gasteiger partial charge in [-0.05, 0) is 18.2 Å². The lowest BCUT2D eigenvalue weighted by molar-refractivity contribution is -0.275. The van der Waals surface area contributed by atoms with Crippen molar-refractivity contribution in [2.45, 2.75) is 37.6 Å². The highest BCUT2D eigenvalue weighted by Crippen LogP contribution is 2.46. The molecule has 1 saturated heterocycles. The molecule has 1 fully saturated rings. The second-order valence-electron chi connectivity index (χ2n) is 10.4. The number of aromatic hydroxyl groups is 7. The van der Waals surface area contributed by atoms with Crippen LogP contribution in [0.25, 0.3) is 22.6 Å². The number of ether oxygens (including phenoxy) is 4. The van der Waals surface area contributed by atoms with Crippen LogP contribution in [-0.4, -0.2) is 100 Å². The number of carbonyl (C=O) groups is 1. The van der Waals surface area contributed by atoms with E-state index in [9.17, 15) is 60.3 Å². The highest BCUT2D eigenvalue weighted by Gasteiger charge is 2.53. The van der Waals surface area contributed by atoms with E-state index < -0.39 is 100 Å². The zero-order chi connectivity index (χ0) is 34.3. The van der Waals surface area contributed by atoms with Crippen LogP contribution in [0.3, 0.4) is 0 Å². The summed E-state index contributed by atoms with van der Waals surface area (Å²) in [6, 6.07) is 6.52. The number of esters is 2. The zero-order valence-electron chi connectivity index (χ0n) is 24.0. The van der Waals surface area contributed by atoms with Gasteiger partial charge in [-0.1, -0.05) is 0 Å². The molecule has 0 aromatic heterocycles. The van der Waals surface area contributed by atoms with Crippen LogP contribution in [0.5, 0.6) is 46.0 Å². The van der Waals surface area contributed by atoms with Crippen LogP contribution >= 0.6 is 0 Å². The minimum atomic E-state index is -1.98. The molecule has 2 heterocycles. The first-order valence-electron chi connectivity index (χ1n) is 13.5. The molecule has 0 spiro atoms. The molecule has 2 unspecified atom stereocenters. The predicted molar refractivity (Wildman–Crippen MR) is 154 cm³/mol. The third-order valence-corrected chi connectivity index (χ3v) is 7.04. The van der Waals surface area contributed by atoms with E-state index in [0.29, 0.717) is 0 Å². The smallest absolute Gasteiger partial charge is 0.507 e. The van der Waals surface area contributed by atoms with Gasteiger partial charge in [0.25, 0.3) is 12.4 Å². The van der Waals surface area contributed by atoms with Gasteiger partial charge in [0.05, 0.1) is 5.56 Å². The van der Waals surface area contributed by atoms with Crippen LogP contribution in [0.2, 0.25) is 0 Å². The molecule has 0 saturated carbocycles. The van der Waals surface area contributed by atoms with Crippen LogP contribution in [0.4, 0.5) is 0 Å². The van der Waals surface area contributed by atoms with E-state index in [1.807, 2.05) is 0 Å². The molecule has 0 radical (unpaired) electrons. The maximum atomic E-state index is 12.1. The van der Waals surface area contributed by atoms with Gasteiger partial charge in [0.2, 0.25) is 0 Å². The van der Waals surface area contributed by atoms with Crippen molar-refractivity contribution in [1.29, 1.82) is 0 Å². The largest absolute Gasteiger partial charge is 0.518 e. The fraction of sp³-hybridized carbons (Fsp3) is 0.233. The molecule has 5 atom stereocenters. The number of aliphatic hydroxyl groups excluding tert-OH is 2. The Balaban J connectivity index is 1.62. The highest BCUT2D eigenvalue weighted by atomic mass is 16.7. The average molecular weight is 660 g/mol. The number of aliphatic hydroxyl groups is 2. The number of hydrogen-bond donors (Lipinski definition) is 9. The van der Waals surface area contributed by atoms with Gasteiger partial charge in [0.1, 0.15) is 35.9 Å². The molecule has 1 aliphatic carbocycles. The number of phenolic OH excluding ortho intramolecular Hbond substituents is 7. The Bertz CT molecular complexity index is 1830. The van der Waals surface area contributed by atoms with Crippen molar-refractivity contribution in [3.8, 4) is 68.6 Å². The van der Waals surface area contributed by atoms with E-state index in [2.05, 4.69) is 0 Å². The Kier molecular flexibility index (Phi) is 8.62. The molecule has 3 aliphatic rings. The standard InChI is InChI=1S/C30H26O17/c1-10(31)43-9-22-25(40)26(41)28(47-29(42)12-4-18(36)24(39)19(37)5-12)30(46-22)45-21-8-14-15(33)6-13(32)7-20(14)44-27(21)11-2-16(34)23(38)17(35)3-11/h2-8,22,25-26,28,30,33-41H,9H2,1H3/p+1/t22?,25-,26-,28?,30+/m0/s1. The van der Waals surface area contributed by atoms with Crippen molar-refractivity contribution in [3.63, 3.8) is 0 Å². The van der Waals surface area contributed by atoms with Crippen molar-refractivity contribution in [1.82, 2.24) is 0 Å². The lowest BCUT2D eigenvalue weighted by Gasteiger charge is -2.38. The van der Waals surface area contributed by atoms with Gasteiger partial charge in [-0.25, -0.2) is 0 Å². The van der Waals surface area contributed by atoms with Gasteiger partial charge in [-0.3, -0.25) is 9.59 Å². The Morgan fingerprint density at radius 3 is 2.02 bits per heavy atom. The van der Waals surface area contributed by atoms with Crippen LogP contribution in [0.15, 0.2) is 51.7 Å². The van der Waals surface area contributed by atoms with E-state index in [1.165, 1.54) is 0 Å². The fourth-order valence-corrected chi connectivity index (χ4v) is 4.71. The van der Waals surface area contributed by atoms with Gasteiger partial charge in [-0.15, -0.1) is 0 Å². The quantitative estimate of drug-likeness (QED) is 0.0748. The van der Waals surface area contributed by atoms with Crippen molar-refractivity contribution in [3.05, 3.63) is 58.3 Å². The molecule has 2 aliphatic heterocycles. The number of phenols is 7. The molecule has 47 heavy (non-hydrogen) atoms. The maximum absolute atomic E-state index is 12.1. The van der Waals surface area contributed by atoms with Crippen molar-refractivity contribution >= 4 is 11.9 Å². The van der Waals surface area contributed by atoms with Gasteiger partial charge in [0.15, 0.2) is 57.5 Å². The summed E-state index contributed by atoms with van der Waals surface area (Å²) < 4.78 is 27.9. The molecule has 0 bridgehead atoms. The monoisotopic (exact) mass is 659 g/mol. The van der Waals surface area contributed by atoms with E-state index in [4.69, 9.17) is 23.4 Å². The van der Waals surface area contributed by atoms with Crippen LogP contribution in [0.1, 0.15) is 12.5 Å². The minimum absolute atomic E-state index is 0.0923. The topological polar surface area (TPSA) is 288 Å². The third kappa shape index (κ3) is 6.43. The van der Waals surface area contributed by atoms with Gasteiger partial charge in [0, 0.05) is 36.8 Å². The first-order chi connectivity index (χ1) is 22.1. The second kappa shape index (κ2) is 12.5. The van der Waals surface area contributed by atoms with Gasteiger partial charge < -0.3 is 74.1 Å². The highest BCUT2D eigenvalue weighted by molar-refractivity contribution is 5.92. The first-order valence-corrected chi connectivity index (χ1v) is 13.5. The van der Waals surface area contributed by atoms with Crippen LogP contribution in [-0.2, 0) is 19.0 Å². The van der Waals surface area contributed by atoms with E-state index in [0.717, 1.165) is 49.4 Å². The number of fused-ring (bicyclic) bond motifs is 1. The molecule has 0 amide bonds. The summed E-state index contributed by atoms with van der Waals surface area (Å²) in [6.07, 6.45) is -9.03. The summed E-state index contributed by atoms with van der Waals surface area (Å²) in [4.78, 5) is 34.3. The third-order valence-electron chi connectivity index (χ3n) is 7.04. The summed E-state index contributed by atoms with van der Waals surface area (Å²) in [5.41, 5.74) is -1.30. The normalized spacial score (nSPS) is 20.9. The van der Waals surface area contributed by atoms with Crippen LogP contribution in [0, 0.1) is 0 Å². The molecule has 2 aromatic rings. The molecule has 248 valence electrons. The molecule has 17 nitrogen and oxygen atoms in total. The molecular weight excluding hydrogens is 632 g/mol. The minimum Gasteiger partial charge on any atom is -0.507 e. The first kappa shape index (κ1) is 32.5. The molecule has 5 rings (SSSR count). The Hall–Kier alpha value is -5.91. The number of rotatable bonds is 7. The SMILES string of the molecule is CC(=O)OCC1O[C@@H](Oc2cc3c(O)cc(=O)cc-3oc2-c2cc(O)c(O)c(O)c2)C(OC(=[OH+])c2cc(O)c(O)c(O)c2)[C@@H](O)[C@H]1O. The lowest BCUT2D eigenvalue weighted by atomic mass is 9.98. The van der Waals surface area contributed by atoms with Crippen molar-refractivity contribution < 1.29 is 78.9 Å². The van der Waals surface area contributed by atoms with Crippen molar-refractivity contribution in [2.75, 3.05) is 6.61 Å². The molecule has 17 heteroatoms. The summed E-state index contributed by atoms with van der Waals surface area (Å²) in [5.74, 6) is -8.39. The number of hydrogen-bond acceptors (Lipinski definition) is 16. The Morgan fingerprint density at radius 2 is 1.43 bits per heavy atom. The summed E-state index contributed by atoms with van der Waals surface area (Å²) in [6.45, 7) is 0.476. The van der Waals surface area contributed by atoms with Crippen LogP contribution < -0.4 is 10.2 Å². The molecule has 10 N–H and O–H groups in total. The van der Waals surface area contributed by atoms with E-state index in [-0.39, 0.29) is 28.4 Å². The fourth-order valence-electron chi connectivity index (χ4n) is 4.71. The number of benzene rings is 3. The summed E-state index contributed by atoms with van der Waals surface area (Å²) in [5, 5.41) is 91.9.